The fourth-order valence-electron chi connectivity index (χ4n) is 1.89. The zero-order valence-corrected chi connectivity index (χ0v) is 10.9. The number of nitrogens with one attached hydrogen (secondary N) is 1. The van der Waals surface area contributed by atoms with Crippen LogP contribution in [0.3, 0.4) is 0 Å². The minimum atomic E-state index is 0.104. The highest BCUT2D eigenvalue weighted by Crippen LogP contribution is 2.01. The van der Waals surface area contributed by atoms with Crippen LogP contribution >= 0.6 is 0 Å². The summed E-state index contributed by atoms with van der Waals surface area (Å²) in [4.78, 5) is 15.6. The molecule has 1 aromatic carbocycles. The Balaban J connectivity index is 1.65. The van der Waals surface area contributed by atoms with Gasteiger partial charge in [0, 0.05) is 25.4 Å². The minimum absolute atomic E-state index is 0.104. The summed E-state index contributed by atoms with van der Waals surface area (Å²) >= 11 is 0. The molecule has 0 fully saturated rings. The van der Waals surface area contributed by atoms with E-state index in [0.29, 0.717) is 13.0 Å². The van der Waals surface area contributed by atoms with E-state index in [9.17, 15) is 4.79 Å². The molecule has 3 nitrogen and oxygen atoms in total. The average Bonchev–Trinajstić information content (AvgIpc) is 2.47. The van der Waals surface area contributed by atoms with Crippen molar-refractivity contribution in [3.05, 3.63) is 66.0 Å². The van der Waals surface area contributed by atoms with Crippen molar-refractivity contribution < 1.29 is 4.79 Å². The van der Waals surface area contributed by atoms with Gasteiger partial charge >= 0.3 is 0 Å². The Hall–Kier alpha value is -2.16. The fraction of sp³-hybridized carbons (Fsp3) is 0.250. The van der Waals surface area contributed by atoms with Crippen LogP contribution in [0.15, 0.2) is 54.9 Å². The molecular weight excluding hydrogens is 236 g/mol. The maximum Gasteiger partial charge on any atom is 0.220 e. The molecule has 0 radical (unpaired) electrons. The molecule has 1 amide bonds. The van der Waals surface area contributed by atoms with Crippen molar-refractivity contribution in [3.63, 3.8) is 0 Å². The van der Waals surface area contributed by atoms with Gasteiger partial charge in [-0.3, -0.25) is 9.78 Å². The minimum Gasteiger partial charge on any atom is -0.356 e. The quantitative estimate of drug-likeness (QED) is 0.860. The van der Waals surface area contributed by atoms with Gasteiger partial charge in [-0.25, -0.2) is 0 Å². The lowest BCUT2D eigenvalue weighted by Crippen LogP contribution is -2.25. The number of carbonyl (C=O) groups is 1. The molecule has 2 rings (SSSR count). The molecule has 0 spiro atoms. The molecule has 1 N–H and O–H groups in total. The molecule has 0 atom stereocenters. The van der Waals surface area contributed by atoms with Crippen molar-refractivity contribution in [1.82, 2.24) is 10.3 Å². The SMILES string of the molecule is O=C(CCc1ccncc1)NCCc1ccccc1. The predicted molar refractivity (Wildman–Crippen MR) is 75.7 cm³/mol. The largest absolute Gasteiger partial charge is 0.356 e. The number of aromatic nitrogens is 1. The van der Waals surface area contributed by atoms with Crippen LogP contribution < -0.4 is 5.32 Å². The highest BCUT2D eigenvalue weighted by Gasteiger charge is 2.01. The van der Waals surface area contributed by atoms with Gasteiger partial charge in [0.05, 0.1) is 0 Å². The van der Waals surface area contributed by atoms with Crippen molar-refractivity contribution in [2.75, 3.05) is 6.54 Å². The van der Waals surface area contributed by atoms with E-state index in [1.54, 1.807) is 12.4 Å². The molecule has 1 aromatic heterocycles. The van der Waals surface area contributed by atoms with E-state index in [-0.39, 0.29) is 5.91 Å². The zero-order chi connectivity index (χ0) is 13.3. The smallest absolute Gasteiger partial charge is 0.220 e. The Bertz CT molecular complexity index is 497. The lowest BCUT2D eigenvalue weighted by atomic mass is 10.1. The molecule has 0 bridgehead atoms. The van der Waals surface area contributed by atoms with Crippen LogP contribution in [0.25, 0.3) is 0 Å². The van der Waals surface area contributed by atoms with Gasteiger partial charge in [0.2, 0.25) is 5.91 Å². The van der Waals surface area contributed by atoms with E-state index in [1.807, 2.05) is 30.3 Å². The Morgan fingerprint density at radius 3 is 2.37 bits per heavy atom. The summed E-state index contributed by atoms with van der Waals surface area (Å²) in [5.41, 5.74) is 2.39. The van der Waals surface area contributed by atoms with Gasteiger partial charge in [0.25, 0.3) is 0 Å². The third kappa shape index (κ3) is 4.92. The fourth-order valence-corrected chi connectivity index (χ4v) is 1.89. The summed E-state index contributed by atoms with van der Waals surface area (Å²) < 4.78 is 0. The highest BCUT2D eigenvalue weighted by molar-refractivity contribution is 5.76. The second kappa shape index (κ2) is 7.31. The first-order valence-electron chi connectivity index (χ1n) is 6.54. The van der Waals surface area contributed by atoms with Gasteiger partial charge in [0.1, 0.15) is 0 Å². The van der Waals surface area contributed by atoms with Crippen LogP contribution in [-0.2, 0) is 17.6 Å². The number of amides is 1. The summed E-state index contributed by atoms with van der Waals surface area (Å²) in [5.74, 6) is 0.104. The molecule has 98 valence electrons. The second-order valence-electron chi connectivity index (χ2n) is 4.44. The van der Waals surface area contributed by atoms with Crippen LogP contribution in [-0.4, -0.2) is 17.4 Å². The van der Waals surface area contributed by atoms with Gasteiger partial charge in [-0.05, 0) is 36.1 Å². The summed E-state index contributed by atoms with van der Waals surface area (Å²) in [5, 5.41) is 2.95. The number of aryl methyl sites for hydroxylation is 1. The molecule has 19 heavy (non-hydrogen) atoms. The lowest BCUT2D eigenvalue weighted by Gasteiger charge is -2.05. The van der Waals surface area contributed by atoms with Crippen molar-refractivity contribution >= 4 is 5.91 Å². The van der Waals surface area contributed by atoms with Gasteiger partial charge in [-0.2, -0.15) is 0 Å². The number of hydrogen-bond donors (Lipinski definition) is 1. The van der Waals surface area contributed by atoms with Crippen molar-refractivity contribution in [2.24, 2.45) is 0 Å². The maximum absolute atomic E-state index is 11.7. The number of benzene rings is 1. The normalized spacial score (nSPS) is 10.1. The zero-order valence-electron chi connectivity index (χ0n) is 10.9. The number of rotatable bonds is 6. The number of hydrogen-bond acceptors (Lipinski definition) is 2. The monoisotopic (exact) mass is 254 g/mol. The number of pyridine rings is 1. The third-order valence-corrected chi connectivity index (χ3v) is 2.97. The molecule has 0 saturated heterocycles. The van der Waals surface area contributed by atoms with E-state index >= 15 is 0 Å². The topological polar surface area (TPSA) is 42.0 Å². The van der Waals surface area contributed by atoms with Crippen LogP contribution in [0.2, 0.25) is 0 Å². The van der Waals surface area contributed by atoms with Crippen molar-refractivity contribution in [1.29, 1.82) is 0 Å². The highest BCUT2D eigenvalue weighted by atomic mass is 16.1. The van der Waals surface area contributed by atoms with Gasteiger partial charge in [0.15, 0.2) is 0 Å². The van der Waals surface area contributed by atoms with Crippen LogP contribution in [0, 0.1) is 0 Å². The van der Waals surface area contributed by atoms with E-state index in [2.05, 4.69) is 22.4 Å². The molecule has 2 aromatic rings. The number of nitrogens with zero attached hydrogens (tertiary/aromatic N) is 1. The van der Waals surface area contributed by atoms with Crippen LogP contribution in [0.5, 0.6) is 0 Å². The van der Waals surface area contributed by atoms with E-state index in [0.717, 1.165) is 18.4 Å². The van der Waals surface area contributed by atoms with E-state index in [4.69, 9.17) is 0 Å². The first kappa shape index (κ1) is 13.3. The van der Waals surface area contributed by atoms with Crippen molar-refractivity contribution in [2.45, 2.75) is 19.3 Å². The summed E-state index contributed by atoms with van der Waals surface area (Å²) in [7, 11) is 0. The summed E-state index contributed by atoms with van der Waals surface area (Å²) in [6.45, 7) is 0.694. The second-order valence-corrected chi connectivity index (χ2v) is 4.44. The Morgan fingerprint density at radius 1 is 0.947 bits per heavy atom. The van der Waals surface area contributed by atoms with Crippen LogP contribution in [0.1, 0.15) is 17.5 Å². The molecule has 0 aliphatic heterocycles. The lowest BCUT2D eigenvalue weighted by molar-refractivity contribution is -0.121. The summed E-state index contributed by atoms with van der Waals surface area (Å²) in [6.07, 6.45) is 5.67. The van der Waals surface area contributed by atoms with Crippen molar-refractivity contribution in [3.8, 4) is 0 Å². The third-order valence-electron chi connectivity index (χ3n) is 2.97. The molecule has 0 saturated carbocycles. The van der Waals surface area contributed by atoms with Gasteiger partial charge in [-0.1, -0.05) is 30.3 Å². The Kier molecular flexibility index (Phi) is 5.11. The standard InChI is InChI=1S/C16H18N2O/c19-16(7-6-15-8-11-17-12-9-15)18-13-10-14-4-2-1-3-5-14/h1-5,8-9,11-12H,6-7,10,13H2,(H,18,19). The van der Waals surface area contributed by atoms with Gasteiger partial charge in [-0.15, -0.1) is 0 Å². The number of carbonyl (C=O) groups excluding carboxylic acids is 1. The summed E-state index contributed by atoms with van der Waals surface area (Å²) in [6, 6.07) is 14.1. The molecule has 0 aliphatic carbocycles. The Labute approximate surface area is 113 Å². The van der Waals surface area contributed by atoms with Gasteiger partial charge < -0.3 is 5.32 Å². The first-order valence-corrected chi connectivity index (χ1v) is 6.54. The Morgan fingerprint density at radius 2 is 1.63 bits per heavy atom. The molecule has 3 heteroatoms. The average molecular weight is 254 g/mol. The predicted octanol–water partition coefficient (Wildman–Crippen LogP) is 2.37. The molecule has 1 heterocycles. The van der Waals surface area contributed by atoms with Crippen LogP contribution in [0.4, 0.5) is 0 Å². The first-order chi connectivity index (χ1) is 9.34. The van der Waals surface area contributed by atoms with E-state index < -0.39 is 0 Å². The molecule has 0 aliphatic rings. The maximum atomic E-state index is 11.7. The van der Waals surface area contributed by atoms with E-state index in [1.165, 1.54) is 5.56 Å². The molecular formula is C16H18N2O. The molecule has 0 unspecified atom stereocenters.